The highest BCUT2D eigenvalue weighted by Crippen LogP contribution is 2.28. The highest BCUT2D eigenvalue weighted by Gasteiger charge is 2.23. The molecular weight excluding hydrogens is 490 g/mol. The molecule has 0 bridgehead atoms. The maximum atomic E-state index is 12.4. The molecule has 0 spiro atoms. The largest absolute Gasteiger partial charge is 0.489 e. The van der Waals surface area contributed by atoms with Crippen LogP contribution in [0.25, 0.3) is 5.70 Å². The SMILES string of the molecule is CCNC(=O)c1cc(N2CCC(COc3cc(/C(N)=C(\C)N(C)N)cnc3N)CC2)nc(OCCOC)n1. The number of methoxy groups -OCH3 is 1. The highest BCUT2D eigenvalue weighted by atomic mass is 16.5. The maximum absolute atomic E-state index is 12.4. The van der Waals surface area contributed by atoms with Crippen molar-refractivity contribution in [1.82, 2.24) is 25.3 Å². The molecule has 13 heteroatoms. The van der Waals surface area contributed by atoms with E-state index in [0.717, 1.165) is 25.9 Å². The summed E-state index contributed by atoms with van der Waals surface area (Å²) >= 11 is 0. The monoisotopic (exact) mass is 529 g/mol. The summed E-state index contributed by atoms with van der Waals surface area (Å²) in [4.78, 5) is 27.6. The molecule has 0 radical (unpaired) electrons. The molecule has 7 N–H and O–H groups in total. The Labute approximate surface area is 223 Å². The molecule has 0 unspecified atom stereocenters. The molecule has 0 atom stereocenters. The lowest BCUT2D eigenvalue weighted by molar-refractivity contribution is 0.0948. The minimum atomic E-state index is -0.270. The van der Waals surface area contributed by atoms with Gasteiger partial charge in [0.2, 0.25) is 0 Å². The van der Waals surface area contributed by atoms with Crippen LogP contribution in [-0.2, 0) is 4.74 Å². The third-order valence-corrected chi connectivity index (χ3v) is 6.31. The molecule has 13 nitrogen and oxygen atoms in total. The van der Waals surface area contributed by atoms with Gasteiger partial charge in [0.05, 0.1) is 18.9 Å². The number of nitrogens with zero attached hydrogens (tertiary/aromatic N) is 5. The van der Waals surface area contributed by atoms with E-state index >= 15 is 0 Å². The third-order valence-electron chi connectivity index (χ3n) is 6.31. The first-order valence-corrected chi connectivity index (χ1v) is 12.6. The quantitative estimate of drug-likeness (QED) is 0.174. The number of hydrazine groups is 1. The molecule has 2 aromatic heterocycles. The average molecular weight is 530 g/mol. The van der Waals surface area contributed by atoms with Crippen LogP contribution in [0.1, 0.15) is 42.7 Å². The van der Waals surface area contributed by atoms with Crippen molar-refractivity contribution in [3.05, 3.63) is 35.3 Å². The second-order valence-electron chi connectivity index (χ2n) is 9.05. The second kappa shape index (κ2) is 13.6. The molecule has 208 valence electrons. The number of allylic oxidation sites excluding steroid dienone is 1. The Kier molecular flexibility index (Phi) is 10.3. The fraction of sp³-hybridized carbons (Fsp3) is 0.520. The number of hydrogen-bond donors (Lipinski definition) is 4. The summed E-state index contributed by atoms with van der Waals surface area (Å²) in [5.41, 5.74) is 14.4. The Balaban J connectivity index is 1.64. The van der Waals surface area contributed by atoms with Gasteiger partial charge in [-0.1, -0.05) is 0 Å². The zero-order valence-electron chi connectivity index (χ0n) is 22.6. The molecule has 1 saturated heterocycles. The van der Waals surface area contributed by atoms with E-state index in [9.17, 15) is 4.79 Å². The van der Waals surface area contributed by atoms with E-state index in [-0.39, 0.29) is 24.2 Å². The summed E-state index contributed by atoms with van der Waals surface area (Å²) in [6.45, 7) is 6.83. The summed E-state index contributed by atoms with van der Waals surface area (Å²) in [5, 5.41) is 4.22. The molecule has 1 aliphatic rings. The van der Waals surface area contributed by atoms with E-state index < -0.39 is 0 Å². The summed E-state index contributed by atoms with van der Waals surface area (Å²) < 4.78 is 16.7. The van der Waals surface area contributed by atoms with E-state index in [1.807, 2.05) is 13.8 Å². The van der Waals surface area contributed by atoms with Crippen LogP contribution in [-0.4, -0.2) is 79.5 Å². The summed E-state index contributed by atoms with van der Waals surface area (Å²) in [5.74, 6) is 7.28. The first-order chi connectivity index (χ1) is 18.2. The normalized spacial score (nSPS) is 14.6. The Hall–Kier alpha value is -3.84. The van der Waals surface area contributed by atoms with Crippen molar-refractivity contribution in [3.63, 3.8) is 0 Å². The third kappa shape index (κ3) is 7.59. The number of aromatic nitrogens is 3. The number of pyridine rings is 1. The van der Waals surface area contributed by atoms with Crippen LogP contribution in [0.2, 0.25) is 0 Å². The van der Waals surface area contributed by atoms with Crippen LogP contribution in [0.15, 0.2) is 24.0 Å². The minimum absolute atomic E-state index is 0.151. The molecule has 0 saturated carbocycles. The van der Waals surface area contributed by atoms with Gasteiger partial charge in [0.25, 0.3) is 5.91 Å². The Morgan fingerprint density at radius 3 is 2.61 bits per heavy atom. The van der Waals surface area contributed by atoms with E-state index in [2.05, 4.69) is 25.2 Å². The molecule has 1 fully saturated rings. The number of ether oxygens (including phenoxy) is 3. The molecule has 3 heterocycles. The zero-order valence-corrected chi connectivity index (χ0v) is 22.6. The van der Waals surface area contributed by atoms with Crippen LogP contribution in [0, 0.1) is 5.92 Å². The predicted molar refractivity (Wildman–Crippen MR) is 145 cm³/mol. The average Bonchev–Trinajstić information content (AvgIpc) is 2.92. The van der Waals surface area contributed by atoms with Crippen LogP contribution >= 0.6 is 0 Å². The van der Waals surface area contributed by atoms with Gasteiger partial charge in [-0.2, -0.15) is 9.97 Å². The first-order valence-electron chi connectivity index (χ1n) is 12.6. The van der Waals surface area contributed by atoms with Gasteiger partial charge in [0, 0.05) is 57.3 Å². The summed E-state index contributed by atoms with van der Waals surface area (Å²) in [6, 6.07) is 3.63. The highest BCUT2D eigenvalue weighted by molar-refractivity contribution is 5.93. The van der Waals surface area contributed by atoms with Crippen molar-refractivity contribution in [2.24, 2.45) is 17.5 Å². The number of carbonyl (C=O) groups excluding carboxylic acids is 1. The number of nitrogen functional groups attached to an aromatic ring is 1. The van der Waals surface area contributed by atoms with Crippen molar-refractivity contribution in [2.75, 3.05) is 64.2 Å². The molecule has 3 rings (SSSR count). The van der Waals surface area contributed by atoms with Gasteiger partial charge in [-0.15, -0.1) is 0 Å². The first kappa shape index (κ1) is 28.7. The fourth-order valence-corrected chi connectivity index (χ4v) is 3.88. The van der Waals surface area contributed by atoms with Crippen LogP contribution < -0.4 is 37.0 Å². The zero-order chi connectivity index (χ0) is 27.7. The maximum Gasteiger partial charge on any atom is 0.319 e. The number of rotatable bonds is 12. The van der Waals surface area contributed by atoms with E-state index in [1.165, 1.54) is 5.01 Å². The predicted octanol–water partition coefficient (Wildman–Crippen LogP) is 0.977. The van der Waals surface area contributed by atoms with Gasteiger partial charge < -0.3 is 40.9 Å². The molecule has 1 amide bonds. The van der Waals surface area contributed by atoms with Gasteiger partial charge in [0.15, 0.2) is 11.6 Å². The number of piperidine rings is 1. The standard InChI is InChI=1S/C25H39N9O4/c1-5-29-24(35)19-13-21(32-25(31-19)37-11-10-36-4)34-8-6-17(7-9-34)15-38-20-12-18(14-30-23(20)27)22(26)16(2)33(3)28/h12-14,17H,5-11,15,26,28H2,1-4H3,(H2,27,30)(H,29,35)/b22-16-. The molecule has 2 aromatic rings. The lowest BCUT2D eigenvalue weighted by Gasteiger charge is -2.33. The van der Waals surface area contributed by atoms with Crippen molar-refractivity contribution >= 4 is 23.2 Å². The van der Waals surface area contributed by atoms with Crippen molar-refractivity contribution < 1.29 is 19.0 Å². The second-order valence-corrected chi connectivity index (χ2v) is 9.05. The summed E-state index contributed by atoms with van der Waals surface area (Å²) in [7, 11) is 3.30. The molecular formula is C25H39N9O4. The van der Waals surface area contributed by atoms with Crippen molar-refractivity contribution in [1.29, 1.82) is 0 Å². The van der Waals surface area contributed by atoms with E-state index in [1.54, 1.807) is 32.5 Å². The molecule has 1 aliphatic heterocycles. The fourth-order valence-electron chi connectivity index (χ4n) is 3.88. The molecule has 0 aromatic carbocycles. The Morgan fingerprint density at radius 1 is 1.21 bits per heavy atom. The smallest absolute Gasteiger partial charge is 0.319 e. The van der Waals surface area contributed by atoms with Crippen LogP contribution in [0.3, 0.4) is 0 Å². The number of nitrogens with one attached hydrogen (secondary N) is 1. The van der Waals surface area contributed by atoms with E-state index in [4.69, 9.17) is 31.5 Å². The van der Waals surface area contributed by atoms with Crippen molar-refractivity contribution in [2.45, 2.75) is 26.7 Å². The van der Waals surface area contributed by atoms with E-state index in [0.29, 0.717) is 60.0 Å². The number of amides is 1. The van der Waals surface area contributed by atoms with Gasteiger partial charge in [-0.05, 0) is 38.7 Å². The number of nitrogens with two attached hydrogens (primary N) is 3. The Bertz CT molecular complexity index is 1120. The lowest BCUT2D eigenvalue weighted by Crippen LogP contribution is -2.36. The van der Waals surface area contributed by atoms with Crippen molar-refractivity contribution in [3.8, 4) is 11.8 Å². The van der Waals surface area contributed by atoms with Gasteiger partial charge in [-0.3, -0.25) is 4.79 Å². The van der Waals surface area contributed by atoms with Gasteiger partial charge in [0.1, 0.15) is 18.1 Å². The minimum Gasteiger partial charge on any atom is -0.489 e. The van der Waals surface area contributed by atoms with Crippen LogP contribution in [0.5, 0.6) is 11.8 Å². The topological polar surface area (TPSA) is 180 Å². The molecule has 0 aliphatic carbocycles. The molecule has 38 heavy (non-hydrogen) atoms. The summed E-state index contributed by atoms with van der Waals surface area (Å²) in [6.07, 6.45) is 3.34. The number of anilines is 2. The van der Waals surface area contributed by atoms with Gasteiger partial charge in [-0.25, -0.2) is 10.8 Å². The van der Waals surface area contributed by atoms with Gasteiger partial charge >= 0.3 is 6.01 Å². The van der Waals surface area contributed by atoms with Crippen LogP contribution in [0.4, 0.5) is 11.6 Å². The Morgan fingerprint density at radius 2 is 1.95 bits per heavy atom. The number of carbonyl (C=O) groups is 1. The lowest BCUT2D eigenvalue weighted by atomic mass is 9.98. The number of hydrogen-bond acceptors (Lipinski definition) is 12.